The summed E-state index contributed by atoms with van der Waals surface area (Å²) in [4.78, 5) is 7.15. The van der Waals surface area contributed by atoms with Gasteiger partial charge in [0.1, 0.15) is 10.8 Å². The number of piperidine rings is 1. The van der Waals surface area contributed by atoms with Crippen molar-refractivity contribution in [2.45, 2.75) is 29.5 Å². The third-order valence-corrected chi connectivity index (χ3v) is 6.43. The Morgan fingerprint density at radius 2 is 1.77 bits per heavy atom. The first-order chi connectivity index (χ1) is 12.8. The number of aromatic nitrogens is 1. The fourth-order valence-electron chi connectivity index (χ4n) is 3.53. The standard InChI is InChI=1S/C22H23FN2S/c23-19-7-5-17(6-8-19)10-14-25-15-11-20(12-16-25)26-22-21-4-2-1-3-18(21)9-13-24-22/h1-9,13,20H,10-12,14-16H2. The second kappa shape index (κ2) is 8.19. The number of fused-ring (bicyclic) bond motifs is 1. The van der Waals surface area contributed by atoms with Crippen LogP contribution in [-0.4, -0.2) is 34.8 Å². The first kappa shape index (κ1) is 17.5. The Bertz CT molecular complexity index is 852. The van der Waals surface area contributed by atoms with Gasteiger partial charge in [-0.3, -0.25) is 0 Å². The molecule has 1 aromatic heterocycles. The highest BCUT2D eigenvalue weighted by molar-refractivity contribution is 8.00. The van der Waals surface area contributed by atoms with Gasteiger partial charge in [0, 0.05) is 23.4 Å². The van der Waals surface area contributed by atoms with Gasteiger partial charge >= 0.3 is 0 Å². The lowest BCUT2D eigenvalue weighted by molar-refractivity contribution is 0.235. The van der Waals surface area contributed by atoms with Crippen molar-refractivity contribution in [2.75, 3.05) is 19.6 Å². The van der Waals surface area contributed by atoms with Crippen LogP contribution in [-0.2, 0) is 6.42 Å². The molecule has 0 atom stereocenters. The average Bonchev–Trinajstić information content (AvgIpc) is 2.69. The minimum atomic E-state index is -0.159. The van der Waals surface area contributed by atoms with Crippen LogP contribution in [0.3, 0.4) is 0 Å². The second-order valence-corrected chi connectivity index (χ2v) is 8.16. The maximum absolute atomic E-state index is 13.0. The maximum Gasteiger partial charge on any atom is 0.123 e. The molecule has 1 saturated heterocycles. The topological polar surface area (TPSA) is 16.1 Å². The number of pyridine rings is 1. The van der Waals surface area contributed by atoms with Gasteiger partial charge < -0.3 is 4.90 Å². The van der Waals surface area contributed by atoms with E-state index in [0.717, 1.165) is 31.1 Å². The van der Waals surface area contributed by atoms with Gasteiger partial charge in [-0.25, -0.2) is 9.37 Å². The van der Waals surface area contributed by atoms with E-state index < -0.39 is 0 Å². The first-order valence-electron chi connectivity index (χ1n) is 9.25. The van der Waals surface area contributed by atoms with Crippen LogP contribution in [0, 0.1) is 5.82 Å². The highest BCUT2D eigenvalue weighted by atomic mass is 32.2. The van der Waals surface area contributed by atoms with Crippen molar-refractivity contribution < 1.29 is 4.39 Å². The van der Waals surface area contributed by atoms with Crippen molar-refractivity contribution >= 4 is 22.5 Å². The van der Waals surface area contributed by atoms with Gasteiger partial charge in [0.25, 0.3) is 0 Å². The van der Waals surface area contributed by atoms with E-state index in [1.54, 1.807) is 12.1 Å². The number of nitrogens with zero attached hydrogens (tertiary/aromatic N) is 2. The van der Waals surface area contributed by atoms with E-state index in [1.165, 1.54) is 29.2 Å². The molecule has 0 saturated carbocycles. The summed E-state index contributed by atoms with van der Waals surface area (Å²) < 4.78 is 13.0. The largest absolute Gasteiger partial charge is 0.303 e. The minimum Gasteiger partial charge on any atom is -0.303 e. The molecule has 0 N–H and O–H groups in total. The van der Waals surface area contributed by atoms with Crippen molar-refractivity contribution in [1.82, 2.24) is 9.88 Å². The van der Waals surface area contributed by atoms with Crippen LogP contribution in [0.4, 0.5) is 4.39 Å². The SMILES string of the molecule is Fc1ccc(CCN2CCC(Sc3nccc4ccccc34)CC2)cc1. The number of hydrogen-bond acceptors (Lipinski definition) is 3. The molecule has 3 aromatic rings. The smallest absolute Gasteiger partial charge is 0.123 e. The molecule has 0 unspecified atom stereocenters. The summed E-state index contributed by atoms with van der Waals surface area (Å²) in [6.45, 7) is 3.31. The Balaban J connectivity index is 1.30. The number of thioether (sulfide) groups is 1. The van der Waals surface area contributed by atoms with E-state index in [1.807, 2.05) is 30.1 Å². The van der Waals surface area contributed by atoms with Crippen molar-refractivity contribution in [3.8, 4) is 0 Å². The predicted molar refractivity (Wildman–Crippen MR) is 107 cm³/mol. The Hall–Kier alpha value is -1.91. The van der Waals surface area contributed by atoms with E-state index >= 15 is 0 Å². The molecule has 4 rings (SSSR count). The van der Waals surface area contributed by atoms with E-state index in [0.29, 0.717) is 5.25 Å². The third-order valence-electron chi connectivity index (χ3n) is 5.08. The molecule has 0 bridgehead atoms. The second-order valence-electron chi connectivity index (χ2n) is 6.87. The highest BCUT2D eigenvalue weighted by Gasteiger charge is 2.21. The molecule has 0 aliphatic carbocycles. The Morgan fingerprint density at radius 3 is 2.58 bits per heavy atom. The number of likely N-dealkylation sites (tertiary alicyclic amines) is 1. The van der Waals surface area contributed by atoms with Crippen molar-refractivity contribution in [1.29, 1.82) is 0 Å². The summed E-state index contributed by atoms with van der Waals surface area (Å²) in [6.07, 6.45) is 5.30. The monoisotopic (exact) mass is 366 g/mol. The van der Waals surface area contributed by atoms with E-state index in [2.05, 4.69) is 40.2 Å². The van der Waals surface area contributed by atoms with Gasteiger partial charge in [0.15, 0.2) is 0 Å². The summed E-state index contributed by atoms with van der Waals surface area (Å²) in [5.41, 5.74) is 1.21. The van der Waals surface area contributed by atoms with Crippen molar-refractivity contribution in [2.24, 2.45) is 0 Å². The summed E-state index contributed by atoms with van der Waals surface area (Å²) in [5, 5.41) is 4.32. The first-order valence-corrected chi connectivity index (χ1v) is 10.1. The Morgan fingerprint density at radius 1 is 1.00 bits per heavy atom. The normalized spacial score (nSPS) is 16.2. The molecule has 4 heteroatoms. The van der Waals surface area contributed by atoms with Crippen LogP contribution in [0.2, 0.25) is 0 Å². The summed E-state index contributed by atoms with van der Waals surface area (Å²) in [6, 6.07) is 17.5. The fourth-order valence-corrected chi connectivity index (χ4v) is 4.73. The van der Waals surface area contributed by atoms with E-state index in [9.17, 15) is 4.39 Å². The summed E-state index contributed by atoms with van der Waals surface area (Å²) in [7, 11) is 0. The molecule has 134 valence electrons. The molecular formula is C22H23FN2S. The Kier molecular flexibility index (Phi) is 5.51. The van der Waals surface area contributed by atoms with E-state index in [4.69, 9.17) is 0 Å². The molecule has 2 heterocycles. The molecule has 1 aliphatic heterocycles. The zero-order chi connectivity index (χ0) is 17.8. The van der Waals surface area contributed by atoms with Crippen molar-refractivity contribution in [3.05, 3.63) is 72.2 Å². The van der Waals surface area contributed by atoms with Gasteiger partial charge in [-0.2, -0.15) is 0 Å². The third kappa shape index (κ3) is 4.25. The Labute approximate surface area is 158 Å². The van der Waals surface area contributed by atoms with Crippen LogP contribution in [0.25, 0.3) is 10.8 Å². The molecule has 0 amide bonds. The zero-order valence-electron chi connectivity index (χ0n) is 14.8. The minimum absolute atomic E-state index is 0.159. The highest BCUT2D eigenvalue weighted by Crippen LogP contribution is 2.33. The van der Waals surface area contributed by atoms with Crippen LogP contribution >= 0.6 is 11.8 Å². The summed E-state index contributed by atoms with van der Waals surface area (Å²) >= 11 is 1.93. The van der Waals surface area contributed by atoms with E-state index in [-0.39, 0.29) is 5.82 Å². The number of benzene rings is 2. The van der Waals surface area contributed by atoms with Crippen LogP contribution in [0.1, 0.15) is 18.4 Å². The molecule has 2 nitrogen and oxygen atoms in total. The predicted octanol–water partition coefficient (Wildman–Crippen LogP) is 5.17. The molecular weight excluding hydrogens is 343 g/mol. The summed E-state index contributed by atoms with van der Waals surface area (Å²) in [5.74, 6) is -0.159. The number of rotatable bonds is 5. The maximum atomic E-state index is 13.0. The van der Waals surface area contributed by atoms with Crippen LogP contribution in [0.5, 0.6) is 0 Å². The van der Waals surface area contributed by atoms with Crippen LogP contribution in [0.15, 0.2) is 65.8 Å². The van der Waals surface area contributed by atoms with Gasteiger partial charge in [-0.15, -0.1) is 11.8 Å². The number of hydrogen-bond donors (Lipinski definition) is 0. The fraction of sp³-hybridized carbons (Fsp3) is 0.318. The van der Waals surface area contributed by atoms with Crippen LogP contribution < -0.4 is 0 Å². The molecule has 1 aliphatic rings. The lowest BCUT2D eigenvalue weighted by atomic mass is 10.1. The van der Waals surface area contributed by atoms with Crippen molar-refractivity contribution in [3.63, 3.8) is 0 Å². The molecule has 1 fully saturated rings. The van der Waals surface area contributed by atoms with Gasteiger partial charge in [0.05, 0.1) is 0 Å². The lowest BCUT2D eigenvalue weighted by Gasteiger charge is -2.31. The number of halogens is 1. The van der Waals surface area contributed by atoms with Gasteiger partial charge in [-0.05, 0) is 61.5 Å². The van der Waals surface area contributed by atoms with Gasteiger partial charge in [-0.1, -0.05) is 36.4 Å². The molecule has 0 spiro atoms. The quantitative estimate of drug-likeness (QED) is 0.619. The molecule has 2 aromatic carbocycles. The zero-order valence-corrected chi connectivity index (χ0v) is 15.6. The lowest BCUT2D eigenvalue weighted by Crippen LogP contribution is -2.36. The molecule has 26 heavy (non-hydrogen) atoms. The van der Waals surface area contributed by atoms with Gasteiger partial charge in [0.2, 0.25) is 0 Å². The average molecular weight is 367 g/mol. The molecule has 0 radical (unpaired) electrons.